The summed E-state index contributed by atoms with van der Waals surface area (Å²) in [5.74, 6) is -1.39. The lowest BCUT2D eigenvalue weighted by Gasteiger charge is -2.12. The predicted octanol–water partition coefficient (Wildman–Crippen LogP) is 1.09. The number of nitrogens with zero attached hydrogens (tertiary/aromatic N) is 3. The molecule has 1 unspecified atom stereocenters. The summed E-state index contributed by atoms with van der Waals surface area (Å²) in [7, 11) is 0. The molecule has 0 aliphatic rings. The molecule has 0 aliphatic heterocycles. The maximum Gasteiger partial charge on any atom is 0.358 e. The summed E-state index contributed by atoms with van der Waals surface area (Å²) in [4.78, 5) is 25.0. The number of carboxylic acid groups (broad SMARTS) is 1. The number of hydrogen-bond donors (Lipinski definition) is 2. The molecule has 0 saturated heterocycles. The van der Waals surface area contributed by atoms with E-state index in [4.69, 9.17) is 5.11 Å². The van der Waals surface area contributed by atoms with Gasteiger partial charge in [-0.15, -0.1) is 16.4 Å². The van der Waals surface area contributed by atoms with Crippen molar-refractivity contribution in [3.63, 3.8) is 0 Å². The number of aryl methyl sites for hydroxylation is 1. The predicted molar refractivity (Wildman–Crippen MR) is 77.3 cm³/mol. The highest BCUT2D eigenvalue weighted by molar-refractivity contribution is 7.11. The lowest BCUT2D eigenvalue weighted by atomic mass is 10.2. The average Bonchev–Trinajstić information content (AvgIpc) is 2.98. The van der Waals surface area contributed by atoms with Crippen LogP contribution in [0.4, 0.5) is 0 Å². The molecule has 0 fully saturated rings. The third-order valence-corrected chi connectivity index (χ3v) is 3.80. The minimum Gasteiger partial charge on any atom is -0.476 e. The molecule has 0 spiro atoms. The van der Waals surface area contributed by atoms with Crippen LogP contribution in [-0.4, -0.2) is 38.0 Å². The molecule has 8 heteroatoms. The Balaban J connectivity index is 1.84. The van der Waals surface area contributed by atoms with E-state index in [2.05, 4.69) is 27.8 Å². The van der Waals surface area contributed by atoms with Crippen molar-refractivity contribution in [3.05, 3.63) is 33.8 Å². The number of rotatable bonds is 6. The first kappa shape index (κ1) is 15.2. The Hall–Kier alpha value is -2.22. The van der Waals surface area contributed by atoms with Crippen molar-refractivity contribution in [1.82, 2.24) is 20.3 Å². The topological polar surface area (TPSA) is 97.1 Å². The minimum atomic E-state index is -1.16. The molecule has 2 aromatic rings. The minimum absolute atomic E-state index is 0.00184. The molecule has 1 amide bonds. The number of nitrogens with one attached hydrogen (secondary N) is 1. The van der Waals surface area contributed by atoms with Gasteiger partial charge in [0.1, 0.15) is 6.54 Å². The van der Waals surface area contributed by atoms with Crippen LogP contribution in [0.15, 0.2) is 18.3 Å². The number of aromatic carboxylic acids is 1. The maximum absolute atomic E-state index is 11.9. The second kappa shape index (κ2) is 6.49. The van der Waals surface area contributed by atoms with E-state index in [-0.39, 0.29) is 24.2 Å². The fraction of sp³-hybridized carbons (Fsp3) is 0.385. The van der Waals surface area contributed by atoms with E-state index < -0.39 is 5.97 Å². The number of aromatic nitrogens is 3. The SMILES string of the molecule is Cc1ccc(CC(C)NC(=O)Cn2cc(C(=O)O)nn2)s1. The highest BCUT2D eigenvalue weighted by atomic mass is 32.1. The molecule has 2 aromatic heterocycles. The Morgan fingerprint density at radius 2 is 2.24 bits per heavy atom. The van der Waals surface area contributed by atoms with Crippen LogP contribution < -0.4 is 5.32 Å². The lowest BCUT2D eigenvalue weighted by molar-refractivity contribution is -0.122. The summed E-state index contributed by atoms with van der Waals surface area (Å²) in [6.07, 6.45) is 2.00. The van der Waals surface area contributed by atoms with Crippen molar-refractivity contribution < 1.29 is 14.7 Å². The molecule has 112 valence electrons. The van der Waals surface area contributed by atoms with Crippen molar-refractivity contribution in [2.24, 2.45) is 0 Å². The molecule has 2 N–H and O–H groups in total. The van der Waals surface area contributed by atoms with E-state index in [1.54, 1.807) is 11.3 Å². The van der Waals surface area contributed by atoms with Crippen LogP contribution in [-0.2, 0) is 17.8 Å². The normalized spacial score (nSPS) is 12.1. The van der Waals surface area contributed by atoms with Gasteiger partial charge >= 0.3 is 5.97 Å². The monoisotopic (exact) mass is 308 g/mol. The van der Waals surface area contributed by atoms with Crippen LogP contribution in [0.3, 0.4) is 0 Å². The van der Waals surface area contributed by atoms with Gasteiger partial charge in [-0.25, -0.2) is 9.48 Å². The van der Waals surface area contributed by atoms with Gasteiger partial charge in [-0.2, -0.15) is 0 Å². The fourth-order valence-corrected chi connectivity index (χ4v) is 2.91. The standard InChI is InChI=1S/C13H16N4O3S/c1-8(5-10-4-3-9(2)21-10)14-12(18)7-17-6-11(13(19)20)15-16-17/h3-4,6,8H,5,7H2,1-2H3,(H,14,18)(H,19,20). The van der Waals surface area contributed by atoms with Gasteiger partial charge in [0.05, 0.1) is 6.20 Å². The van der Waals surface area contributed by atoms with Crippen LogP contribution in [0, 0.1) is 6.92 Å². The summed E-state index contributed by atoms with van der Waals surface area (Å²) < 4.78 is 1.21. The van der Waals surface area contributed by atoms with Gasteiger partial charge in [-0.05, 0) is 26.0 Å². The summed E-state index contributed by atoms with van der Waals surface area (Å²) >= 11 is 1.71. The second-order valence-corrected chi connectivity index (χ2v) is 6.16. The lowest BCUT2D eigenvalue weighted by Crippen LogP contribution is -2.36. The molecule has 21 heavy (non-hydrogen) atoms. The van der Waals surface area contributed by atoms with E-state index in [0.29, 0.717) is 0 Å². The van der Waals surface area contributed by atoms with Crippen LogP contribution >= 0.6 is 11.3 Å². The average molecular weight is 308 g/mol. The summed E-state index contributed by atoms with van der Waals surface area (Å²) in [5.41, 5.74) is -0.176. The number of carboxylic acids is 1. The number of amides is 1. The van der Waals surface area contributed by atoms with Crippen molar-refractivity contribution in [3.8, 4) is 0 Å². The largest absolute Gasteiger partial charge is 0.476 e. The quantitative estimate of drug-likeness (QED) is 0.832. The van der Waals surface area contributed by atoms with Gasteiger partial charge in [0.15, 0.2) is 5.69 Å². The van der Waals surface area contributed by atoms with E-state index in [1.807, 2.05) is 13.8 Å². The first-order chi connectivity index (χ1) is 9.94. The Bertz CT molecular complexity index is 649. The van der Waals surface area contributed by atoms with E-state index in [0.717, 1.165) is 6.42 Å². The van der Waals surface area contributed by atoms with Gasteiger partial charge in [-0.3, -0.25) is 4.79 Å². The van der Waals surface area contributed by atoms with Gasteiger partial charge in [0, 0.05) is 22.2 Å². The third kappa shape index (κ3) is 4.38. The zero-order chi connectivity index (χ0) is 15.4. The molecule has 0 aromatic carbocycles. The van der Waals surface area contributed by atoms with Gasteiger partial charge in [-0.1, -0.05) is 5.21 Å². The number of carbonyl (C=O) groups is 2. The number of hydrogen-bond acceptors (Lipinski definition) is 5. The molecule has 0 saturated carbocycles. The highest BCUT2D eigenvalue weighted by Gasteiger charge is 2.13. The summed E-state index contributed by atoms with van der Waals surface area (Å²) in [5, 5.41) is 18.6. The fourth-order valence-electron chi connectivity index (χ4n) is 1.89. The van der Waals surface area contributed by atoms with E-state index >= 15 is 0 Å². The first-order valence-electron chi connectivity index (χ1n) is 6.42. The van der Waals surface area contributed by atoms with Crippen LogP contribution in [0.5, 0.6) is 0 Å². The number of carbonyl (C=O) groups excluding carboxylic acids is 1. The van der Waals surface area contributed by atoms with Gasteiger partial charge < -0.3 is 10.4 Å². The molecule has 0 aliphatic carbocycles. The van der Waals surface area contributed by atoms with Crippen molar-refractivity contribution in [1.29, 1.82) is 0 Å². The smallest absolute Gasteiger partial charge is 0.358 e. The first-order valence-corrected chi connectivity index (χ1v) is 7.24. The molecule has 2 heterocycles. The Kier molecular flexibility index (Phi) is 4.69. The third-order valence-electron chi connectivity index (χ3n) is 2.77. The van der Waals surface area contributed by atoms with Crippen LogP contribution in [0.1, 0.15) is 27.2 Å². The second-order valence-electron chi connectivity index (χ2n) is 4.79. The zero-order valence-electron chi connectivity index (χ0n) is 11.7. The summed E-state index contributed by atoms with van der Waals surface area (Å²) in [6.45, 7) is 3.92. The maximum atomic E-state index is 11.9. The molecular formula is C13H16N4O3S. The van der Waals surface area contributed by atoms with Crippen molar-refractivity contribution >= 4 is 23.2 Å². The molecular weight excluding hydrogens is 292 g/mol. The van der Waals surface area contributed by atoms with Gasteiger partial charge in [0.25, 0.3) is 0 Å². The molecule has 1 atom stereocenters. The van der Waals surface area contributed by atoms with Crippen LogP contribution in [0.25, 0.3) is 0 Å². The van der Waals surface area contributed by atoms with Crippen molar-refractivity contribution in [2.45, 2.75) is 32.9 Å². The summed E-state index contributed by atoms with van der Waals surface area (Å²) in [6, 6.07) is 4.11. The van der Waals surface area contributed by atoms with E-state index in [1.165, 1.54) is 20.6 Å². The van der Waals surface area contributed by atoms with Crippen molar-refractivity contribution in [2.75, 3.05) is 0 Å². The number of thiophene rings is 1. The Labute approximate surface area is 125 Å². The molecule has 7 nitrogen and oxygen atoms in total. The Morgan fingerprint density at radius 3 is 2.81 bits per heavy atom. The Morgan fingerprint density at radius 1 is 1.48 bits per heavy atom. The highest BCUT2D eigenvalue weighted by Crippen LogP contribution is 2.16. The van der Waals surface area contributed by atoms with Gasteiger partial charge in [0.2, 0.25) is 5.91 Å². The molecule has 2 rings (SSSR count). The zero-order valence-corrected chi connectivity index (χ0v) is 12.6. The molecule has 0 radical (unpaired) electrons. The molecule has 0 bridgehead atoms. The van der Waals surface area contributed by atoms with E-state index in [9.17, 15) is 9.59 Å². The van der Waals surface area contributed by atoms with Crippen LogP contribution in [0.2, 0.25) is 0 Å².